The highest BCUT2D eigenvalue weighted by Crippen LogP contribution is 2.48. The van der Waals surface area contributed by atoms with Crippen molar-refractivity contribution in [3.8, 4) is 0 Å². The molecular weight excluding hydrogens is 330 g/mol. The summed E-state index contributed by atoms with van der Waals surface area (Å²) in [5.41, 5.74) is 1.53. The van der Waals surface area contributed by atoms with Gasteiger partial charge in [0.05, 0.1) is 41.7 Å². The maximum Gasteiger partial charge on any atom is 0.249 e. The maximum atomic E-state index is 12.3. The molecule has 1 amide bonds. The molecule has 2 aromatic heterocycles. The molecule has 24 heavy (non-hydrogen) atoms. The summed E-state index contributed by atoms with van der Waals surface area (Å²) in [5, 5.41) is 21.5. The largest absolute Gasteiger partial charge is 0.543 e. The lowest BCUT2D eigenvalue weighted by molar-refractivity contribution is -0.515. The number of hydrogen-bond donors (Lipinski definition) is 1. The predicted octanol–water partition coefficient (Wildman–Crippen LogP) is -0.794. The Kier molecular flexibility index (Phi) is 3.14. The van der Waals surface area contributed by atoms with Crippen LogP contribution in [0.5, 0.6) is 0 Å². The summed E-state index contributed by atoms with van der Waals surface area (Å²) in [6.07, 6.45) is 3.53. The van der Waals surface area contributed by atoms with Gasteiger partial charge in [-0.2, -0.15) is 4.40 Å². The minimum absolute atomic E-state index is 0.0427. The van der Waals surface area contributed by atoms with Gasteiger partial charge in [-0.15, -0.1) is 0 Å². The lowest BCUT2D eigenvalue weighted by Crippen LogP contribution is -2.62. The second kappa shape index (κ2) is 4.90. The van der Waals surface area contributed by atoms with Gasteiger partial charge in [0.1, 0.15) is 11.9 Å². The van der Waals surface area contributed by atoms with Gasteiger partial charge in [0.25, 0.3) is 0 Å². The zero-order valence-electron chi connectivity index (χ0n) is 13.5. The summed E-state index contributed by atoms with van der Waals surface area (Å²) in [5.74, 6) is -2.22. The molecule has 1 fully saturated rings. The Balaban J connectivity index is 1.84. The van der Waals surface area contributed by atoms with Crippen molar-refractivity contribution in [2.75, 3.05) is 0 Å². The summed E-state index contributed by atoms with van der Waals surface area (Å²) in [6, 6.07) is -0.294. The van der Waals surface area contributed by atoms with Crippen LogP contribution in [0, 0.1) is 12.8 Å². The van der Waals surface area contributed by atoms with Crippen molar-refractivity contribution in [1.82, 2.24) is 9.47 Å². The molecule has 0 unspecified atom stereocenters. The van der Waals surface area contributed by atoms with Crippen LogP contribution >= 0.6 is 11.3 Å². The number of β-lactam (4-membered cyclic amide) rings is 1. The monoisotopic (exact) mass is 347 g/mol. The molecule has 2 aromatic rings. The number of aromatic nitrogens is 2. The second-order valence-electron chi connectivity index (χ2n) is 6.50. The maximum absolute atomic E-state index is 12.3. The highest BCUT2D eigenvalue weighted by Gasteiger charge is 2.55. The molecule has 1 saturated heterocycles. The Bertz CT molecular complexity index is 923. The molecule has 4 rings (SSSR count). The second-order valence-corrected chi connectivity index (χ2v) is 7.53. The van der Waals surface area contributed by atoms with Gasteiger partial charge in [0.15, 0.2) is 0 Å². The summed E-state index contributed by atoms with van der Waals surface area (Å²) >= 11 is 1.50. The fourth-order valence-electron chi connectivity index (χ4n) is 3.87. The van der Waals surface area contributed by atoms with Crippen LogP contribution < -0.4 is 9.51 Å². The van der Waals surface area contributed by atoms with E-state index in [1.165, 1.54) is 16.2 Å². The number of carbonyl (C=O) groups excluding carboxylic acids is 2. The van der Waals surface area contributed by atoms with E-state index in [0.29, 0.717) is 12.0 Å². The topological polar surface area (TPSA) is 89.7 Å². The predicted molar refractivity (Wildman–Crippen MR) is 83.5 cm³/mol. The fourth-order valence-corrected chi connectivity index (χ4v) is 5.13. The number of aryl methyl sites for hydroxylation is 2. The van der Waals surface area contributed by atoms with Gasteiger partial charge in [-0.25, -0.2) is 4.57 Å². The van der Waals surface area contributed by atoms with Crippen LogP contribution in [0.4, 0.5) is 0 Å². The normalized spacial score (nSPS) is 24.5. The molecule has 3 atom stereocenters. The van der Waals surface area contributed by atoms with Crippen molar-refractivity contribution < 1.29 is 24.2 Å². The number of carbonyl (C=O) groups is 2. The van der Waals surface area contributed by atoms with E-state index in [-0.39, 0.29) is 17.6 Å². The molecule has 8 heteroatoms. The number of fused-ring (bicyclic) bond motifs is 2. The number of carboxylic acids is 1. The lowest BCUT2D eigenvalue weighted by Gasteiger charge is -2.45. The van der Waals surface area contributed by atoms with Crippen LogP contribution in [0.25, 0.3) is 10.4 Å². The Hall–Kier alpha value is -2.19. The number of carboxylic acid groups (broad SMARTS) is 1. The van der Waals surface area contributed by atoms with E-state index in [1.807, 2.05) is 35.5 Å². The third-order valence-electron chi connectivity index (χ3n) is 4.94. The molecular formula is C16H17N3O4S. The van der Waals surface area contributed by atoms with Crippen molar-refractivity contribution in [2.45, 2.75) is 32.4 Å². The van der Waals surface area contributed by atoms with Crippen LogP contribution in [0.1, 0.15) is 23.9 Å². The van der Waals surface area contributed by atoms with Crippen LogP contribution in [-0.2, 0) is 16.6 Å². The standard InChI is InChI=1S/C16H17N3O4S/c1-7-14(24-11-5-17(3)6-18(7)11)9-4-10-12(8(2)20)15(21)19(10)13(9)16(22)23/h5-6,8,10,12,20H,4H2,1-3H3/t8-,10-,12-/m1/s1. The van der Waals surface area contributed by atoms with Crippen molar-refractivity contribution >= 4 is 33.6 Å². The lowest BCUT2D eigenvalue weighted by atomic mass is 9.83. The molecule has 4 heterocycles. The van der Waals surface area contributed by atoms with Gasteiger partial charge in [0.2, 0.25) is 17.1 Å². The average molecular weight is 347 g/mol. The summed E-state index contributed by atoms with van der Waals surface area (Å²) < 4.78 is 3.94. The molecule has 1 N–H and O–H groups in total. The molecule has 2 aliphatic rings. The zero-order chi connectivity index (χ0) is 17.3. The minimum Gasteiger partial charge on any atom is -0.543 e. The molecule has 126 valence electrons. The molecule has 2 aliphatic heterocycles. The van der Waals surface area contributed by atoms with Crippen molar-refractivity contribution in [3.05, 3.63) is 28.8 Å². The van der Waals surface area contributed by atoms with Gasteiger partial charge >= 0.3 is 0 Å². The number of aliphatic hydroxyl groups excluding tert-OH is 1. The fraction of sp³-hybridized carbons (Fsp3) is 0.438. The first-order valence-corrected chi connectivity index (χ1v) is 8.55. The van der Waals surface area contributed by atoms with Gasteiger partial charge in [-0.05, 0) is 20.3 Å². The third kappa shape index (κ3) is 1.83. The molecule has 0 aliphatic carbocycles. The zero-order valence-corrected chi connectivity index (χ0v) is 14.3. The van der Waals surface area contributed by atoms with E-state index in [9.17, 15) is 19.8 Å². The van der Waals surface area contributed by atoms with Crippen LogP contribution in [-0.4, -0.2) is 38.6 Å². The van der Waals surface area contributed by atoms with Crippen LogP contribution in [0.15, 0.2) is 18.2 Å². The molecule has 0 spiro atoms. The molecule has 7 nitrogen and oxygen atoms in total. The van der Waals surface area contributed by atoms with Crippen molar-refractivity contribution in [1.29, 1.82) is 0 Å². The number of aliphatic carboxylic acids is 1. The van der Waals surface area contributed by atoms with E-state index >= 15 is 0 Å². The van der Waals surface area contributed by atoms with Crippen molar-refractivity contribution in [2.24, 2.45) is 13.0 Å². The minimum atomic E-state index is -1.34. The average Bonchev–Trinajstić information content (AvgIpc) is 3.09. The van der Waals surface area contributed by atoms with Gasteiger partial charge in [-0.3, -0.25) is 4.79 Å². The van der Waals surface area contributed by atoms with E-state index in [2.05, 4.69) is 0 Å². The number of hydrogen-bond acceptors (Lipinski definition) is 5. The smallest absolute Gasteiger partial charge is 0.249 e. The number of thiazole rings is 1. The number of nitrogens with zero attached hydrogens (tertiary/aromatic N) is 3. The van der Waals surface area contributed by atoms with Gasteiger partial charge < -0.3 is 19.9 Å². The van der Waals surface area contributed by atoms with E-state index in [0.717, 1.165) is 15.4 Å². The van der Waals surface area contributed by atoms with E-state index < -0.39 is 18.0 Å². The quantitative estimate of drug-likeness (QED) is 0.582. The highest BCUT2D eigenvalue weighted by atomic mass is 32.1. The first-order chi connectivity index (χ1) is 11.3. The molecule has 0 bridgehead atoms. The Morgan fingerprint density at radius 3 is 2.83 bits per heavy atom. The Morgan fingerprint density at radius 2 is 2.25 bits per heavy atom. The molecule has 0 saturated carbocycles. The first-order valence-electron chi connectivity index (χ1n) is 7.74. The molecule has 0 aromatic carbocycles. The van der Waals surface area contributed by atoms with E-state index in [4.69, 9.17) is 0 Å². The summed E-state index contributed by atoms with van der Waals surface area (Å²) in [6.45, 7) is 3.50. The number of amides is 1. The summed E-state index contributed by atoms with van der Waals surface area (Å²) in [4.78, 5) is 27.1. The molecule has 0 radical (unpaired) electrons. The summed E-state index contributed by atoms with van der Waals surface area (Å²) in [7, 11) is 1.93. The number of aliphatic hydroxyl groups is 1. The van der Waals surface area contributed by atoms with Crippen LogP contribution in [0.3, 0.4) is 0 Å². The first kappa shape index (κ1) is 15.3. The Morgan fingerprint density at radius 1 is 1.54 bits per heavy atom. The van der Waals surface area contributed by atoms with Crippen LogP contribution in [0.2, 0.25) is 0 Å². The number of rotatable bonds is 3. The Labute approximate surface area is 142 Å². The SMILES string of the molecule is Cc1c(C2=C(C(=O)[O-])N3C(=O)[C@H]([C@@H](C)O)[C@H]3C2)sc2cn(C)c[n+]12. The van der Waals surface area contributed by atoms with Gasteiger partial charge in [0, 0.05) is 5.57 Å². The third-order valence-corrected chi connectivity index (χ3v) is 6.20. The van der Waals surface area contributed by atoms with Crippen molar-refractivity contribution in [3.63, 3.8) is 0 Å². The van der Waals surface area contributed by atoms with E-state index in [1.54, 1.807) is 6.92 Å². The number of imidazole rings is 1. The van der Waals surface area contributed by atoms with Gasteiger partial charge in [-0.1, -0.05) is 11.3 Å². The highest BCUT2D eigenvalue weighted by molar-refractivity contribution is 7.18.